The first-order valence-electron chi connectivity index (χ1n) is 9.37. The van der Waals surface area contributed by atoms with Crippen LogP contribution >= 0.6 is 24.0 Å². The lowest BCUT2D eigenvalue weighted by atomic mass is 9.97. The molecule has 0 bridgehead atoms. The summed E-state index contributed by atoms with van der Waals surface area (Å²) in [5.41, 5.74) is 0.344. The monoisotopic (exact) mass is 529 g/mol. The zero-order valence-electron chi connectivity index (χ0n) is 16.5. The molecule has 2 rings (SSSR count). The quantitative estimate of drug-likeness (QED) is 0.262. The Bertz CT molecular complexity index is 678. The van der Waals surface area contributed by atoms with Gasteiger partial charge < -0.3 is 19.7 Å². The van der Waals surface area contributed by atoms with Crippen LogP contribution < -0.4 is 10.1 Å². The number of benzene rings is 1. The Morgan fingerprint density at radius 3 is 2.48 bits per heavy atom. The minimum atomic E-state index is -4.75. The molecule has 0 spiro atoms. The molecule has 29 heavy (non-hydrogen) atoms. The summed E-state index contributed by atoms with van der Waals surface area (Å²) in [7, 11) is 0. The van der Waals surface area contributed by atoms with Crippen LogP contribution in [0.3, 0.4) is 0 Å². The number of halogens is 4. The molecule has 0 atom stereocenters. The molecule has 1 saturated heterocycles. The van der Waals surface area contributed by atoms with E-state index in [-0.39, 0.29) is 48.2 Å². The average molecular weight is 529 g/mol. The molecule has 0 unspecified atom stereocenters. The third kappa shape index (κ3) is 8.27. The highest BCUT2D eigenvalue weighted by molar-refractivity contribution is 14.0. The lowest BCUT2D eigenvalue weighted by molar-refractivity contribution is -0.274. The summed E-state index contributed by atoms with van der Waals surface area (Å²) >= 11 is 0. The van der Waals surface area contributed by atoms with Crippen LogP contribution in [0.4, 0.5) is 13.2 Å². The smallest absolute Gasteiger partial charge is 0.466 e. The minimum absolute atomic E-state index is 0. The first-order valence-corrected chi connectivity index (χ1v) is 9.37. The normalized spacial score (nSPS) is 15.5. The Morgan fingerprint density at radius 1 is 1.24 bits per heavy atom. The fourth-order valence-corrected chi connectivity index (χ4v) is 3.03. The number of likely N-dealkylation sites (tertiary alicyclic amines) is 1. The number of esters is 1. The van der Waals surface area contributed by atoms with Gasteiger partial charge >= 0.3 is 12.3 Å². The van der Waals surface area contributed by atoms with Crippen molar-refractivity contribution in [1.29, 1.82) is 0 Å². The number of hydrogen-bond donors (Lipinski definition) is 1. The van der Waals surface area contributed by atoms with E-state index in [1.54, 1.807) is 19.1 Å². The van der Waals surface area contributed by atoms with Gasteiger partial charge in [-0.1, -0.05) is 18.2 Å². The Hall–Kier alpha value is -1.72. The number of para-hydroxylation sites is 1. The van der Waals surface area contributed by atoms with Crippen LogP contribution in [0.1, 0.15) is 32.3 Å². The molecule has 1 aromatic carbocycles. The second-order valence-electron chi connectivity index (χ2n) is 6.34. The van der Waals surface area contributed by atoms with Crippen molar-refractivity contribution in [3.63, 3.8) is 0 Å². The number of carbonyl (C=O) groups excluding carboxylic acids is 1. The molecule has 0 aromatic heterocycles. The van der Waals surface area contributed by atoms with Crippen molar-refractivity contribution in [2.75, 3.05) is 26.2 Å². The van der Waals surface area contributed by atoms with E-state index in [1.165, 1.54) is 12.1 Å². The van der Waals surface area contributed by atoms with Gasteiger partial charge in [-0.25, -0.2) is 4.99 Å². The molecular formula is C19H27F3IN3O3. The minimum Gasteiger partial charge on any atom is -0.466 e. The van der Waals surface area contributed by atoms with Gasteiger partial charge in [0.15, 0.2) is 5.96 Å². The summed E-state index contributed by atoms with van der Waals surface area (Å²) < 4.78 is 46.9. The van der Waals surface area contributed by atoms with E-state index in [0.29, 0.717) is 50.6 Å². The Kier molecular flexibility index (Phi) is 10.5. The van der Waals surface area contributed by atoms with Gasteiger partial charge in [-0.2, -0.15) is 0 Å². The van der Waals surface area contributed by atoms with Gasteiger partial charge in [-0.3, -0.25) is 4.79 Å². The predicted molar refractivity (Wildman–Crippen MR) is 114 cm³/mol. The summed E-state index contributed by atoms with van der Waals surface area (Å²) in [5, 5.41) is 3.16. The summed E-state index contributed by atoms with van der Waals surface area (Å²) in [6.45, 7) is 5.98. The van der Waals surface area contributed by atoms with Crippen LogP contribution in [0.15, 0.2) is 29.3 Å². The number of rotatable bonds is 6. The van der Waals surface area contributed by atoms with Gasteiger partial charge in [-0.05, 0) is 32.8 Å². The van der Waals surface area contributed by atoms with Crippen LogP contribution in [0, 0.1) is 5.92 Å². The van der Waals surface area contributed by atoms with E-state index >= 15 is 0 Å². The molecule has 0 aliphatic carbocycles. The molecular weight excluding hydrogens is 502 g/mol. The van der Waals surface area contributed by atoms with Gasteiger partial charge in [0.2, 0.25) is 0 Å². The van der Waals surface area contributed by atoms with Crippen molar-refractivity contribution in [2.45, 2.75) is 39.6 Å². The van der Waals surface area contributed by atoms with Crippen LogP contribution in [0.2, 0.25) is 0 Å². The van der Waals surface area contributed by atoms with Gasteiger partial charge in [-0.15, -0.1) is 37.1 Å². The third-order valence-corrected chi connectivity index (χ3v) is 4.35. The van der Waals surface area contributed by atoms with E-state index < -0.39 is 6.36 Å². The molecule has 0 radical (unpaired) electrons. The lowest BCUT2D eigenvalue weighted by Crippen LogP contribution is -2.46. The van der Waals surface area contributed by atoms with E-state index in [0.717, 1.165) is 0 Å². The van der Waals surface area contributed by atoms with Crippen molar-refractivity contribution in [3.8, 4) is 5.75 Å². The Balaban J connectivity index is 0.00000420. The second kappa shape index (κ2) is 12.1. The highest BCUT2D eigenvalue weighted by Crippen LogP contribution is 2.27. The lowest BCUT2D eigenvalue weighted by Gasteiger charge is -2.33. The number of alkyl halides is 3. The van der Waals surface area contributed by atoms with E-state index in [4.69, 9.17) is 4.74 Å². The van der Waals surface area contributed by atoms with E-state index in [9.17, 15) is 18.0 Å². The molecule has 1 aliphatic heterocycles. The van der Waals surface area contributed by atoms with Crippen molar-refractivity contribution in [1.82, 2.24) is 10.2 Å². The van der Waals surface area contributed by atoms with Crippen molar-refractivity contribution in [2.24, 2.45) is 10.9 Å². The van der Waals surface area contributed by atoms with Crippen molar-refractivity contribution < 1.29 is 27.4 Å². The number of aliphatic imine (C=N–C) groups is 1. The molecule has 1 heterocycles. The average Bonchev–Trinajstić information content (AvgIpc) is 2.65. The van der Waals surface area contributed by atoms with Crippen molar-refractivity contribution >= 4 is 35.9 Å². The molecule has 1 aromatic rings. The first kappa shape index (κ1) is 25.3. The molecule has 6 nitrogen and oxygen atoms in total. The second-order valence-corrected chi connectivity index (χ2v) is 6.34. The van der Waals surface area contributed by atoms with Crippen LogP contribution in [0.25, 0.3) is 0 Å². The summed E-state index contributed by atoms with van der Waals surface area (Å²) in [6, 6.07) is 5.96. The SMILES string of the molecule is CCNC(=NCc1ccccc1OC(F)(F)F)N1CCC(C(=O)OCC)CC1.I. The highest BCUT2D eigenvalue weighted by Gasteiger charge is 2.32. The van der Waals surface area contributed by atoms with E-state index in [2.05, 4.69) is 15.0 Å². The molecule has 164 valence electrons. The molecule has 1 fully saturated rings. The van der Waals surface area contributed by atoms with Crippen molar-refractivity contribution in [3.05, 3.63) is 29.8 Å². The zero-order chi connectivity index (χ0) is 20.6. The molecule has 10 heteroatoms. The number of carbonyl (C=O) groups is 1. The van der Waals surface area contributed by atoms with Gasteiger partial charge in [0.1, 0.15) is 5.75 Å². The fourth-order valence-electron chi connectivity index (χ4n) is 3.03. The standard InChI is InChI=1S/C19H26F3N3O3.HI/c1-3-23-18(25-11-9-14(10-12-25)17(26)27-4-2)24-13-15-7-5-6-8-16(15)28-19(20,21)22;/h5-8,14H,3-4,9-13H2,1-2H3,(H,23,24);1H. The number of piperidine rings is 1. The Morgan fingerprint density at radius 2 is 1.90 bits per heavy atom. The largest absolute Gasteiger partial charge is 0.573 e. The third-order valence-electron chi connectivity index (χ3n) is 4.35. The van der Waals surface area contributed by atoms with Gasteiger partial charge in [0.05, 0.1) is 19.1 Å². The summed E-state index contributed by atoms with van der Waals surface area (Å²) in [4.78, 5) is 18.3. The molecule has 0 amide bonds. The maximum absolute atomic E-state index is 12.6. The first-order chi connectivity index (χ1) is 13.3. The number of nitrogens with zero attached hydrogens (tertiary/aromatic N) is 2. The topological polar surface area (TPSA) is 63.2 Å². The molecule has 1 aliphatic rings. The number of nitrogens with one attached hydrogen (secondary N) is 1. The summed E-state index contributed by atoms with van der Waals surface area (Å²) in [5.74, 6) is 0.0459. The van der Waals surface area contributed by atoms with Crippen LogP contribution in [-0.4, -0.2) is 49.4 Å². The Labute approximate surface area is 185 Å². The number of guanidine groups is 1. The van der Waals surface area contributed by atoms with E-state index in [1.807, 2.05) is 11.8 Å². The van der Waals surface area contributed by atoms with Crippen LogP contribution in [-0.2, 0) is 16.1 Å². The summed E-state index contributed by atoms with van der Waals surface area (Å²) in [6.07, 6.45) is -3.45. The fraction of sp³-hybridized carbons (Fsp3) is 0.579. The molecule has 0 saturated carbocycles. The van der Waals surface area contributed by atoms with Gasteiger partial charge in [0.25, 0.3) is 0 Å². The molecule has 1 N–H and O–H groups in total. The zero-order valence-corrected chi connectivity index (χ0v) is 18.8. The maximum Gasteiger partial charge on any atom is 0.573 e. The number of ether oxygens (including phenoxy) is 2. The highest BCUT2D eigenvalue weighted by atomic mass is 127. The number of hydrogen-bond acceptors (Lipinski definition) is 4. The van der Waals surface area contributed by atoms with Gasteiger partial charge in [0, 0.05) is 25.2 Å². The predicted octanol–water partition coefficient (Wildman–Crippen LogP) is 3.94. The van der Waals surface area contributed by atoms with Crippen LogP contribution in [0.5, 0.6) is 5.75 Å². The maximum atomic E-state index is 12.6.